The molecule has 1 aliphatic heterocycles. The molecule has 0 bridgehead atoms. The van der Waals surface area contributed by atoms with Crippen LogP contribution in [0, 0.1) is 17.4 Å². The van der Waals surface area contributed by atoms with Crippen molar-refractivity contribution >= 4 is 5.91 Å². The van der Waals surface area contributed by atoms with E-state index in [1.165, 1.54) is 0 Å². The number of carbonyl (C=O) groups is 1. The van der Waals surface area contributed by atoms with Crippen LogP contribution in [0.4, 0.5) is 0 Å². The number of rotatable bonds is 2. The van der Waals surface area contributed by atoms with E-state index in [1.807, 2.05) is 0 Å². The van der Waals surface area contributed by atoms with Gasteiger partial charge in [-0.1, -0.05) is 0 Å². The number of nitrogens with zero attached hydrogens (tertiary/aromatic N) is 1. The van der Waals surface area contributed by atoms with E-state index in [1.54, 1.807) is 6.19 Å². The number of nitrogens with one attached hydrogen (secondary N) is 2. The van der Waals surface area contributed by atoms with Gasteiger partial charge in [-0.25, -0.2) is 0 Å². The zero-order valence-electron chi connectivity index (χ0n) is 6.26. The van der Waals surface area contributed by atoms with Crippen LogP contribution < -0.4 is 10.6 Å². The molecule has 0 saturated carbocycles. The summed E-state index contributed by atoms with van der Waals surface area (Å²) in [6.07, 6.45) is 3.13. The highest BCUT2D eigenvalue weighted by Crippen LogP contribution is 2.11. The predicted octanol–water partition coefficient (Wildman–Crippen LogP) is -0.417. The minimum Gasteiger partial charge on any atom is -0.316 e. The van der Waals surface area contributed by atoms with E-state index < -0.39 is 0 Å². The summed E-state index contributed by atoms with van der Waals surface area (Å²) in [4.78, 5) is 10.8. The molecule has 11 heavy (non-hydrogen) atoms. The van der Waals surface area contributed by atoms with Crippen molar-refractivity contribution in [2.45, 2.75) is 12.8 Å². The average Bonchev–Trinajstić information content (AvgIpc) is 2.40. The number of hydrogen-bond donors (Lipinski definition) is 2. The summed E-state index contributed by atoms with van der Waals surface area (Å²) in [7, 11) is 0. The van der Waals surface area contributed by atoms with Gasteiger partial charge >= 0.3 is 0 Å². The Morgan fingerprint density at radius 1 is 1.82 bits per heavy atom. The maximum atomic E-state index is 10.8. The summed E-state index contributed by atoms with van der Waals surface area (Å²) in [6, 6.07) is 0. The number of hydrogen-bond acceptors (Lipinski definition) is 3. The standard InChI is InChI=1S/C7H11N3O/c8-5-10-7(11)3-6-1-2-9-4-6/h6,9H,1-4H2,(H,10,11). The molecule has 0 aromatic carbocycles. The van der Waals surface area contributed by atoms with Crippen LogP contribution in [0.2, 0.25) is 0 Å². The Morgan fingerprint density at radius 3 is 3.18 bits per heavy atom. The van der Waals surface area contributed by atoms with E-state index in [2.05, 4.69) is 10.6 Å². The second-order valence-corrected chi connectivity index (χ2v) is 2.72. The van der Waals surface area contributed by atoms with E-state index in [9.17, 15) is 4.79 Å². The highest BCUT2D eigenvalue weighted by atomic mass is 16.1. The van der Waals surface area contributed by atoms with Crippen molar-refractivity contribution in [1.82, 2.24) is 10.6 Å². The van der Waals surface area contributed by atoms with Gasteiger partial charge in [0, 0.05) is 6.42 Å². The maximum Gasteiger partial charge on any atom is 0.233 e. The molecule has 1 saturated heterocycles. The average molecular weight is 153 g/mol. The topological polar surface area (TPSA) is 64.9 Å². The van der Waals surface area contributed by atoms with Crippen molar-refractivity contribution in [1.29, 1.82) is 5.26 Å². The lowest BCUT2D eigenvalue weighted by Gasteiger charge is -2.03. The van der Waals surface area contributed by atoms with Gasteiger partial charge in [-0.2, -0.15) is 5.26 Å². The normalized spacial score (nSPS) is 22.6. The van der Waals surface area contributed by atoms with Crippen molar-refractivity contribution in [3.8, 4) is 6.19 Å². The van der Waals surface area contributed by atoms with Crippen molar-refractivity contribution < 1.29 is 4.79 Å². The number of carbonyl (C=O) groups excluding carboxylic acids is 1. The molecule has 0 aliphatic carbocycles. The Kier molecular flexibility index (Phi) is 2.87. The molecule has 1 atom stereocenters. The molecule has 0 aromatic heterocycles. The number of nitriles is 1. The van der Waals surface area contributed by atoms with Crippen molar-refractivity contribution in [3.05, 3.63) is 0 Å². The fourth-order valence-electron chi connectivity index (χ4n) is 1.26. The van der Waals surface area contributed by atoms with Crippen molar-refractivity contribution in [2.24, 2.45) is 5.92 Å². The summed E-state index contributed by atoms with van der Waals surface area (Å²) < 4.78 is 0. The molecule has 0 radical (unpaired) electrons. The van der Waals surface area contributed by atoms with Gasteiger partial charge in [0.25, 0.3) is 0 Å². The predicted molar refractivity (Wildman–Crippen MR) is 39.3 cm³/mol. The number of amides is 1. The van der Waals surface area contributed by atoms with E-state index >= 15 is 0 Å². The van der Waals surface area contributed by atoms with E-state index in [-0.39, 0.29) is 5.91 Å². The Balaban J connectivity index is 2.19. The van der Waals surface area contributed by atoms with Gasteiger partial charge in [0.05, 0.1) is 0 Å². The van der Waals surface area contributed by atoms with Crippen molar-refractivity contribution in [3.63, 3.8) is 0 Å². The summed E-state index contributed by atoms with van der Waals surface area (Å²) in [6.45, 7) is 1.89. The third-order valence-electron chi connectivity index (χ3n) is 1.83. The first-order valence-corrected chi connectivity index (χ1v) is 3.71. The Morgan fingerprint density at radius 2 is 2.64 bits per heavy atom. The molecule has 1 heterocycles. The lowest BCUT2D eigenvalue weighted by Crippen LogP contribution is -2.21. The molecule has 4 nitrogen and oxygen atoms in total. The Labute approximate surface area is 65.6 Å². The zero-order valence-corrected chi connectivity index (χ0v) is 6.26. The molecule has 1 aliphatic rings. The zero-order chi connectivity index (χ0) is 8.10. The van der Waals surface area contributed by atoms with Crippen molar-refractivity contribution in [2.75, 3.05) is 13.1 Å². The molecule has 0 aromatic rings. The lowest BCUT2D eigenvalue weighted by atomic mass is 10.1. The second-order valence-electron chi connectivity index (χ2n) is 2.72. The van der Waals surface area contributed by atoms with Gasteiger partial charge in [-0.05, 0) is 25.4 Å². The maximum absolute atomic E-state index is 10.8. The molecule has 60 valence electrons. The fraction of sp³-hybridized carbons (Fsp3) is 0.714. The molecule has 4 heteroatoms. The van der Waals surface area contributed by atoms with Crippen LogP contribution in [0.5, 0.6) is 0 Å². The minimum atomic E-state index is -0.166. The summed E-state index contributed by atoms with van der Waals surface area (Å²) in [5, 5.41) is 13.4. The van der Waals surface area contributed by atoms with Gasteiger partial charge < -0.3 is 5.32 Å². The van der Waals surface area contributed by atoms with E-state index in [0.29, 0.717) is 12.3 Å². The van der Waals surface area contributed by atoms with Gasteiger partial charge in [0.15, 0.2) is 6.19 Å². The molecule has 1 fully saturated rings. The highest BCUT2D eigenvalue weighted by molar-refractivity contribution is 5.77. The summed E-state index contributed by atoms with van der Waals surface area (Å²) >= 11 is 0. The van der Waals surface area contributed by atoms with Gasteiger partial charge in [0.1, 0.15) is 0 Å². The summed E-state index contributed by atoms with van der Waals surface area (Å²) in [5.74, 6) is 0.254. The van der Waals surface area contributed by atoms with Crippen LogP contribution >= 0.6 is 0 Å². The lowest BCUT2D eigenvalue weighted by molar-refractivity contribution is -0.120. The second kappa shape index (κ2) is 3.94. The quantitative estimate of drug-likeness (QED) is 0.418. The summed E-state index contributed by atoms with van der Waals surface area (Å²) in [5.41, 5.74) is 0. The largest absolute Gasteiger partial charge is 0.316 e. The van der Waals surface area contributed by atoms with E-state index in [0.717, 1.165) is 19.5 Å². The molecular formula is C7H11N3O. The SMILES string of the molecule is N#CNC(=O)CC1CCNC1. The van der Waals surface area contributed by atoms with E-state index in [4.69, 9.17) is 5.26 Å². The third-order valence-corrected chi connectivity index (χ3v) is 1.83. The Bertz CT molecular complexity index is 179. The molecule has 2 N–H and O–H groups in total. The third kappa shape index (κ3) is 2.56. The molecule has 1 rings (SSSR count). The smallest absolute Gasteiger partial charge is 0.233 e. The first-order valence-electron chi connectivity index (χ1n) is 3.71. The van der Waals surface area contributed by atoms with Gasteiger partial charge in [-0.3, -0.25) is 10.1 Å². The first kappa shape index (κ1) is 8.02. The highest BCUT2D eigenvalue weighted by Gasteiger charge is 2.17. The van der Waals surface area contributed by atoms with Crippen LogP contribution in [0.1, 0.15) is 12.8 Å². The van der Waals surface area contributed by atoms with Crippen LogP contribution in [0.25, 0.3) is 0 Å². The van der Waals surface area contributed by atoms with Gasteiger partial charge in [-0.15, -0.1) is 0 Å². The first-order chi connectivity index (χ1) is 5.33. The Hall–Kier alpha value is -1.08. The van der Waals surface area contributed by atoms with Crippen LogP contribution in [-0.4, -0.2) is 19.0 Å². The fourth-order valence-corrected chi connectivity index (χ4v) is 1.26. The van der Waals surface area contributed by atoms with Crippen LogP contribution in [0.15, 0.2) is 0 Å². The molecule has 1 amide bonds. The van der Waals surface area contributed by atoms with Crippen LogP contribution in [-0.2, 0) is 4.79 Å². The monoisotopic (exact) mass is 153 g/mol. The minimum absolute atomic E-state index is 0.166. The van der Waals surface area contributed by atoms with Crippen LogP contribution in [0.3, 0.4) is 0 Å². The molecule has 0 spiro atoms. The molecule has 1 unspecified atom stereocenters. The molecular weight excluding hydrogens is 142 g/mol. The van der Waals surface area contributed by atoms with Gasteiger partial charge in [0.2, 0.25) is 5.91 Å².